The average Bonchev–Trinajstić information content (AvgIpc) is 2.88. The van der Waals surface area contributed by atoms with Crippen molar-refractivity contribution in [3.8, 4) is 5.69 Å². The zero-order valence-electron chi connectivity index (χ0n) is 21.8. The first kappa shape index (κ1) is 27.6. The summed E-state index contributed by atoms with van der Waals surface area (Å²) in [5.74, 6) is 0.454. The molecule has 0 aliphatic rings. The van der Waals surface area contributed by atoms with E-state index < -0.39 is 6.04 Å². The highest BCUT2D eigenvalue weighted by molar-refractivity contribution is 6.36. The van der Waals surface area contributed by atoms with Gasteiger partial charge in [0.15, 0.2) is 0 Å². The van der Waals surface area contributed by atoms with E-state index in [4.69, 9.17) is 32.9 Å². The maximum absolute atomic E-state index is 13.9. The van der Waals surface area contributed by atoms with Gasteiger partial charge < -0.3 is 15.0 Å². The van der Waals surface area contributed by atoms with Gasteiger partial charge in [-0.3, -0.25) is 9.36 Å². The standard InChI is InChI=1S/C29H30Cl2N4O3/c1-18-10-13-26(19(2)16-18)35-27(32-24-9-6-5-8-22(24)28(35)36)20(3)34(14-7-15-38-4)29(37)33-25-12-11-21(30)17-23(25)31/h5-6,8-13,16-17,20H,7,14-15H2,1-4H3,(H,33,37). The van der Waals surface area contributed by atoms with Crippen LogP contribution in [0.5, 0.6) is 0 Å². The van der Waals surface area contributed by atoms with Gasteiger partial charge in [0.05, 0.1) is 33.3 Å². The molecule has 0 saturated heterocycles. The first-order valence-corrected chi connectivity index (χ1v) is 13.1. The topological polar surface area (TPSA) is 76.5 Å². The lowest BCUT2D eigenvalue weighted by Crippen LogP contribution is -2.41. The first-order valence-electron chi connectivity index (χ1n) is 12.3. The van der Waals surface area contributed by atoms with Crippen LogP contribution >= 0.6 is 23.2 Å². The number of urea groups is 1. The second-order valence-electron chi connectivity index (χ2n) is 9.19. The number of nitrogens with one attached hydrogen (secondary N) is 1. The largest absolute Gasteiger partial charge is 0.385 e. The van der Waals surface area contributed by atoms with Crippen molar-refractivity contribution in [1.82, 2.24) is 14.5 Å². The van der Waals surface area contributed by atoms with Crippen LogP contribution in [-0.2, 0) is 4.74 Å². The lowest BCUT2D eigenvalue weighted by atomic mass is 10.1. The number of carbonyl (C=O) groups excluding carboxylic acids is 1. The Bertz CT molecular complexity index is 1540. The molecule has 1 aromatic heterocycles. The normalized spacial score (nSPS) is 11.9. The van der Waals surface area contributed by atoms with E-state index in [1.807, 2.05) is 57.2 Å². The number of rotatable bonds is 8. The summed E-state index contributed by atoms with van der Waals surface area (Å²) in [6.07, 6.45) is 0.587. The molecule has 3 aromatic carbocycles. The van der Waals surface area contributed by atoms with E-state index in [0.29, 0.717) is 52.0 Å². The molecule has 4 aromatic rings. The second-order valence-corrected chi connectivity index (χ2v) is 10.0. The molecule has 4 rings (SSSR count). The number of amides is 2. The van der Waals surface area contributed by atoms with E-state index >= 15 is 0 Å². The number of para-hydroxylation sites is 1. The van der Waals surface area contributed by atoms with Gasteiger partial charge >= 0.3 is 6.03 Å². The van der Waals surface area contributed by atoms with Crippen molar-refractivity contribution in [2.45, 2.75) is 33.2 Å². The van der Waals surface area contributed by atoms with E-state index in [1.54, 1.807) is 40.8 Å². The highest BCUT2D eigenvalue weighted by Gasteiger charge is 2.27. The minimum atomic E-state index is -0.573. The minimum absolute atomic E-state index is 0.192. The van der Waals surface area contributed by atoms with E-state index in [9.17, 15) is 9.59 Å². The number of anilines is 1. The van der Waals surface area contributed by atoms with Crippen LogP contribution in [0.25, 0.3) is 16.6 Å². The maximum Gasteiger partial charge on any atom is 0.322 e. The number of carbonyl (C=O) groups is 1. The number of hydrogen-bond donors (Lipinski definition) is 1. The Hall–Kier alpha value is -3.39. The summed E-state index contributed by atoms with van der Waals surface area (Å²) in [6.45, 7) is 6.66. The summed E-state index contributed by atoms with van der Waals surface area (Å²) in [7, 11) is 1.62. The number of fused-ring (bicyclic) bond motifs is 1. The summed E-state index contributed by atoms with van der Waals surface area (Å²) in [6, 6.07) is 17.1. The zero-order chi connectivity index (χ0) is 27.4. The molecule has 7 nitrogen and oxygen atoms in total. The van der Waals surface area contributed by atoms with Crippen LogP contribution in [0.15, 0.2) is 65.5 Å². The molecule has 0 aliphatic heterocycles. The molecule has 1 heterocycles. The van der Waals surface area contributed by atoms with Gasteiger partial charge in [-0.25, -0.2) is 9.78 Å². The summed E-state index contributed by atoms with van der Waals surface area (Å²) in [4.78, 5) is 34.0. The molecule has 0 saturated carbocycles. The Morgan fingerprint density at radius 3 is 2.58 bits per heavy atom. The average molecular weight is 553 g/mol. The molecule has 2 amide bonds. The van der Waals surface area contributed by atoms with Crippen LogP contribution in [0.4, 0.5) is 10.5 Å². The Balaban J connectivity index is 1.84. The predicted molar refractivity (Wildman–Crippen MR) is 154 cm³/mol. The second kappa shape index (κ2) is 12.0. The van der Waals surface area contributed by atoms with E-state index in [0.717, 1.165) is 16.8 Å². The molecule has 1 atom stereocenters. The van der Waals surface area contributed by atoms with Crippen LogP contribution in [0.3, 0.4) is 0 Å². The van der Waals surface area contributed by atoms with Crippen molar-refractivity contribution in [2.24, 2.45) is 0 Å². The summed E-state index contributed by atoms with van der Waals surface area (Å²) < 4.78 is 6.86. The molecule has 38 heavy (non-hydrogen) atoms. The third kappa shape index (κ3) is 5.85. The van der Waals surface area contributed by atoms with Gasteiger partial charge in [-0.05, 0) is 69.2 Å². The Morgan fingerprint density at radius 2 is 1.87 bits per heavy atom. The molecular weight excluding hydrogens is 523 g/mol. The van der Waals surface area contributed by atoms with E-state index in [1.165, 1.54) is 0 Å². The van der Waals surface area contributed by atoms with Crippen molar-refractivity contribution in [3.05, 3.63) is 98.0 Å². The maximum atomic E-state index is 13.9. The Kier molecular flexibility index (Phi) is 8.72. The molecular formula is C29H30Cl2N4O3. The Morgan fingerprint density at radius 1 is 1.11 bits per heavy atom. The quantitative estimate of drug-likeness (QED) is 0.240. The van der Waals surface area contributed by atoms with Crippen LogP contribution in [-0.4, -0.2) is 40.7 Å². The number of methoxy groups -OCH3 is 1. The third-order valence-corrected chi connectivity index (χ3v) is 6.96. The van der Waals surface area contributed by atoms with Crippen molar-refractivity contribution in [2.75, 3.05) is 25.6 Å². The van der Waals surface area contributed by atoms with E-state index in [2.05, 4.69) is 5.32 Å². The molecule has 0 aliphatic carbocycles. The number of nitrogens with zero attached hydrogens (tertiary/aromatic N) is 3. The van der Waals surface area contributed by atoms with Crippen LogP contribution in [0.1, 0.15) is 36.3 Å². The summed E-state index contributed by atoms with van der Waals surface area (Å²) >= 11 is 12.4. The van der Waals surface area contributed by atoms with Gasteiger partial charge in [-0.15, -0.1) is 0 Å². The fourth-order valence-corrected chi connectivity index (χ4v) is 4.94. The lowest BCUT2D eigenvalue weighted by Gasteiger charge is -2.31. The van der Waals surface area contributed by atoms with Gasteiger partial charge in [-0.1, -0.05) is 53.0 Å². The van der Waals surface area contributed by atoms with E-state index in [-0.39, 0.29) is 11.6 Å². The fourth-order valence-electron chi connectivity index (χ4n) is 4.49. The third-order valence-electron chi connectivity index (χ3n) is 6.42. The first-order chi connectivity index (χ1) is 18.2. The number of benzene rings is 3. The van der Waals surface area contributed by atoms with Crippen molar-refractivity contribution < 1.29 is 9.53 Å². The molecule has 1 unspecified atom stereocenters. The minimum Gasteiger partial charge on any atom is -0.385 e. The van der Waals surface area contributed by atoms with Crippen LogP contribution in [0, 0.1) is 13.8 Å². The number of ether oxygens (including phenoxy) is 1. The molecule has 0 radical (unpaired) electrons. The smallest absolute Gasteiger partial charge is 0.322 e. The molecule has 0 spiro atoms. The number of halogens is 2. The molecule has 1 N–H and O–H groups in total. The molecule has 198 valence electrons. The van der Waals surface area contributed by atoms with Gasteiger partial charge in [-0.2, -0.15) is 0 Å². The summed E-state index contributed by atoms with van der Waals surface area (Å²) in [5.41, 5.74) is 3.55. The number of hydrogen-bond acceptors (Lipinski definition) is 4. The predicted octanol–water partition coefficient (Wildman–Crippen LogP) is 6.94. The highest BCUT2D eigenvalue weighted by atomic mass is 35.5. The van der Waals surface area contributed by atoms with Gasteiger partial charge in [0.2, 0.25) is 0 Å². The van der Waals surface area contributed by atoms with Gasteiger partial charge in [0, 0.05) is 25.3 Å². The number of aromatic nitrogens is 2. The molecule has 0 bridgehead atoms. The zero-order valence-corrected chi connectivity index (χ0v) is 23.3. The van der Waals surface area contributed by atoms with Crippen LogP contribution in [0.2, 0.25) is 10.0 Å². The molecule has 0 fully saturated rings. The summed E-state index contributed by atoms with van der Waals surface area (Å²) in [5, 5.41) is 4.19. The van der Waals surface area contributed by atoms with Crippen molar-refractivity contribution in [1.29, 1.82) is 0 Å². The lowest BCUT2D eigenvalue weighted by molar-refractivity contribution is 0.159. The monoisotopic (exact) mass is 552 g/mol. The van der Waals surface area contributed by atoms with Gasteiger partial charge in [0.25, 0.3) is 5.56 Å². The number of aryl methyl sites for hydroxylation is 2. The Labute approximate surface area is 232 Å². The van der Waals surface area contributed by atoms with Crippen molar-refractivity contribution >= 4 is 45.8 Å². The fraction of sp³-hybridized carbons (Fsp3) is 0.276. The van der Waals surface area contributed by atoms with Gasteiger partial charge in [0.1, 0.15) is 5.82 Å². The molecule has 9 heteroatoms. The highest BCUT2D eigenvalue weighted by Crippen LogP contribution is 2.28. The van der Waals surface area contributed by atoms with Crippen molar-refractivity contribution in [3.63, 3.8) is 0 Å². The van der Waals surface area contributed by atoms with Crippen LogP contribution < -0.4 is 10.9 Å². The SMILES string of the molecule is COCCCN(C(=O)Nc1ccc(Cl)cc1Cl)C(C)c1nc2ccccc2c(=O)n1-c1ccc(C)cc1C.